The van der Waals surface area contributed by atoms with Gasteiger partial charge in [0.1, 0.15) is 0 Å². The first-order valence-corrected chi connectivity index (χ1v) is 9.86. The summed E-state index contributed by atoms with van der Waals surface area (Å²) < 4.78 is 1.13. The maximum Gasteiger partial charge on any atom is 0.191 e. The van der Waals surface area contributed by atoms with E-state index in [1.807, 2.05) is 31.4 Å². The highest BCUT2D eigenvalue weighted by atomic mass is 127. The van der Waals surface area contributed by atoms with E-state index in [1.54, 1.807) is 0 Å². The lowest BCUT2D eigenvalue weighted by Gasteiger charge is -2.33. The summed E-state index contributed by atoms with van der Waals surface area (Å²) in [7, 11) is 1.82. The van der Waals surface area contributed by atoms with Crippen LogP contribution in [0.1, 0.15) is 24.1 Å². The Morgan fingerprint density at radius 2 is 1.93 bits per heavy atom. The minimum Gasteiger partial charge on any atom is -0.354 e. The first-order valence-electron chi connectivity index (χ1n) is 9.07. The number of benzene rings is 1. The quantitative estimate of drug-likeness (QED) is 0.342. The fourth-order valence-corrected chi connectivity index (χ4v) is 3.41. The van der Waals surface area contributed by atoms with Crippen molar-refractivity contribution < 1.29 is 0 Å². The molecule has 2 N–H and O–H groups in total. The van der Waals surface area contributed by atoms with E-state index in [0.29, 0.717) is 12.6 Å². The Kier molecular flexibility index (Phi) is 9.50. The van der Waals surface area contributed by atoms with Crippen molar-refractivity contribution in [1.82, 2.24) is 20.5 Å². The van der Waals surface area contributed by atoms with Crippen LogP contribution >= 0.6 is 39.9 Å². The topological polar surface area (TPSA) is 52.6 Å². The van der Waals surface area contributed by atoms with E-state index in [9.17, 15) is 0 Å². The van der Waals surface area contributed by atoms with E-state index < -0.39 is 0 Å². The number of halogens is 2. The molecule has 1 aliphatic heterocycles. The van der Waals surface area contributed by atoms with Crippen molar-refractivity contribution in [2.24, 2.45) is 4.99 Å². The van der Waals surface area contributed by atoms with Crippen molar-refractivity contribution in [3.8, 4) is 0 Å². The molecule has 1 saturated heterocycles. The predicted octanol–water partition coefficient (Wildman–Crippen LogP) is 3.79. The molecule has 0 bridgehead atoms. The molecule has 146 valence electrons. The molecule has 3 rings (SSSR count). The maximum absolute atomic E-state index is 4.34. The fourth-order valence-electron chi connectivity index (χ4n) is 3.15. The second kappa shape index (κ2) is 11.6. The van der Waals surface area contributed by atoms with E-state index in [2.05, 4.69) is 65.7 Å². The van der Waals surface area contributed by atoms with Crippen LogP contribution in [0, 0.1) is 0 Å². The Bertz CT molecular complexity index is 700. The number of rotatable bonds is 5. The van der Waals surface area contributed by atoms with Crippen LogP contribution in [-0.4, -0.2) is 42.0 Å². The largest absolute Gasteiger partial charge is 0.354 e. The molecule has 0 saturated carbocycles. The van der Waals surface area contributed by atoms with Gasteiger partial charge in [-0.05, 0) is 42.7 Å². The van der Waals surface area contributed by atoms with Gasteiger partial charge in [0.05, 0.1) is 12.2 Å². The second-order valence-corrected chi connectivity index (χ2v) is 7.48. The van der Waals surface area contributed by atoms with Crippen molar-refractivity contribution in [3.63, 3.8) is 0 Å². The number of piperidine rings is 1. The molecule has 0 aliphatic carbocycles. The normalized spacial score (nSPS) is 15.9. The number of aliphatic imine (C=N–C) groups is 1. The fraction of sp³-hybridized carbons (Fsp3) is 0.400. The van der Waals surface area contributed by atoms with Crippen molar-refractivity contribution in [2.45, 2.75) is 32.0 Å². The van der Waals surface area contributed by atoms with E-state index in [-0.39, 0.29) is 24.0 Å². The summed E-state index contributed by atoms with van der Waals surface area (Å²) in [5.74, 6) is 0.849. The number of nitrogens with one attached hydrogen (secondary N) is 2. The van der Waals surface area contributed by atoms with Gasteiger partial charge in [0, 0.05) is 43.4 Å². The number of nitrogens with zero attached hydrogens (tertiary/aromatic N) is 3. The van der Waals surface area contributed by atoms with Crippen LogP contribution < -0.4 is 10.6 Å². The molecule has 0 amide bonds. The van der Waals surface area contributed by atoms with Crippen molar-refractivity contribution >= 4 is 45.9 Å². The molecule has 1 fully saturated rings. The van der Waals surface area contributed by atoms with E-state index in [1.165, 1.54) is 5.56 Å². The van der Waals surface area contributed by atoms with Gasteiger partial charge in [-0.1, -0.05) is 34.1 Å². The molecule has 0 atom stereocenters. The van der Waals surface area contributed by atoms with Crippen LogP contribution in [0.15, 0.2) is 58.1 Å². The molecule has 5 nitrogen and oxygen atoms in total. The van der Waals surface area contributed by atoms with E-state index >= 15 is 0 Å². The zero-order valence-corrected chi connectivity index (χ0v) is 19.5. The number of aromatic nitrogens is 1. The molecule has 0 spiro atoms. The summed E-state index contributed by atoms with van der Waals surface area (Å²) in [6.45, 7) is 3.91. The lowest BCUT2D eigenvalue weighted by Crippen LogP contribution is -2.48. The summed E-state index contributed by atoms with van der Waals surface area (Å²) in [6, 6.07) is 15.0. The highest BCUT2D eigenvalue weighted by Gasteiger charge is 2.20. The van der Waals surface area contributed by atoms with Crippen LogP contribution in [0.2, 0.25) is 0 Å². The highest BCUT2D eigenvalue weighted by Crippen LogP contribution is 2.16. The maximum atomic E-state index is 4.34. The first-order chi connectivity index (χ1) is 12.7. The predicted molar refractivity (Wildman–Crippen MR) is 125 cm³/mol. The summed E-state index contributed by atoms with van der Waals surface area (Å²) in [5, 5.41) is 6.89. The van der Waals surface area contributed by atoms with Crippen LogP contribution in [-0.2, 0) is 13.1 Å². The number of pyridine rings is 1. The number of guanidine groups is 1. The molecular weight excluding hydrogens is 517 g/mol. The monoisotopic (exact) mass is 543 g/mol. The zero-order chi connectivity index (χ0) is 18.2. The third-order valence-electron chi connectivity index (χ3n) is 4.63. The third kappa shape index (κ3) is 7.38. The lowest BCUT2D eigenvalue weighted by atomic mass is 10.0. The number of hydrogen-bond acceptors (Lipinski definition) is 3. The molecule has 2 aromatic rings. The summed E-state index contributed by atoms with van der Waals surface area (Å²) in [6.07, 6.45) is 4.07. The van der Waals surface area contributed by atoms with Crippen molar-refractivity contribution in [2.75, 3.05) is 20.1 Å². The van der Waals surface area contributed by atoms with Gasteiger partial charge in [0.25, 0.3) is 0 Å². The van der Waals surface area contributed by atoms with Gasteiger partial charge in [0.15, 0.2) is 5.96 Å². The molecule has 0 unspecified atom stereocenters. The Labute approximate surface area is 187 Å². The average molecular weight is 544 g/mol. The standard InChI is InChI=1S/C20H26BrN5.HI/c1-22-20(24-14-19-4-2-3-11-23-19)25-18-9-12-26(13-10-18)15-16-5-7-17(21)8-6-16;/h2-8,11,18H,9-10,12-15H2,1H3,(H2,22,24,25);1H. The molecular formula is C20H27BrIN5. The van der Waals surface area contributed by atoms with Gasteiger partial charge < -0.3 is 10.6 Å². The van der Waals surface area contributed by atoms with Crippen molar-refractivity contribution in [3.05, 3.63) is 64.4 Å². The van der Waals surface area contributed by atoms with Gasteiger partial charge in [-0.2, -0.15) is 0 Å². The van der Waals surface area contributed by atoms with E-state index in [0.717, 1.165) is 48.6 Å². The Hall–Kier alpha value is -1.19. The van der Waals surface area contributed by atoms with Gasteiger partial charge >= 0.3 is 0 Å². The van der Waals surface area contributed by atoms with Gasteiger partial charge in [-0.3, -0.25) is 14.9 Å². The molecule has 0 radical (unpaired) electrons. The molecule has 1 aromatic carbocycles. The SMILES string of the molecule is CN=C(NCc1ccccn1)NC1CCN(Cc2ccc(Br)cc2)CC1.I. The van der Waals surface area contributed by atoms with Crippen LogP contribution in [0.4, 0.5) is 0 Å². The zero-order valence-electron chi connectivity index (χ0n) is 15.6. The Morgan fingerprint density at radius 3 is 2.56 bits per heavy atom. The van der Waals surface area contributed by atoms with E-state index in [4.69, 9.17) is 0 Å². The summed E-state index contributed by atoms with van der Waals surface area (Å²) in [4.78, 5) is 11.2. The Morgan fingerprint density at radius 1 is 1.19 bits per heavy atom. The molecule has 2 heterocycles. The number of likely N-dealkylation sites (tertiary alicyclic amines) is 1. The first kappa shape index (κ1) is 22.1. The molecule has 27 heavy (non-hydrogen) atoms. The minimum atomic E-state index is 0. The smallest absolute Gasteiger partial charge is 0.191 e. The molecule has 7 heteroatoms. The van der Waals surface area contributed by atoms with Gasteiger partial charge in [-0.15, -0.1) is 24.0 Å². The van der Waals surface area contributed by atoms with Gasteiger partial charge in [-0.25, -0.2) is 0 Å². The third-order valence-corrected chi connectivity index (χ3v) is 5.16. The number of hydrogen-bond donors (Lipinski definition) is 2. The minimum absolute atomic E-state index is 0. The summed E-state index contributed by atoms with van der Waals surface area (Å²) in [5.41, 5.74) is 2.38. The lowest BCUT2D eigenvalue weighted by molar-refractivity contribution is 0.198. The van der Waals surface area contributed by atoms with Crippen LogP contribution in [0.3, 0.4) is 0 Å². The Balaban J connectivity index is 0.00000261. The summed E-state index contributed by atoms with van der Waals surface area (Å²) >= 11 is 3.49. The van der Waals surface area contributed by atoms with Gasteiger partial charge in [0.2, 0.25) is 0 Å². The van der Waals surface area contributed by atoms with Crippen LogP contribution in [0.5, 0.6) is 0 Å². The average Bonchev–Trinajstić information content (AvgIpc) is 2.69. The van der Waals surface area contributed by atoms with Crippen molar-refractivity contribution in [1.29, 1.82) is 0 Å². The molecule has 1 aromatic heterocycles. The second-order valence-electron chi connectivity index (χ2n) is 6.57. The molecule has 1 aliphatic rings. The van der Waals surface area contributed by atoms with Crippen LogP contribution in [0.25, 0.3) is 0 Å². The highest BCUT2D eigenvalue weighted by molar-refractivity contribution is 14.0.